The van der Waals surface area contributed by atoms with Crippen molar-refractivity contribution >= 4 is 27.1 Å². The van der Waals surface area contributed by atoms with Gasteiger partial charge in [0.05, 0.1) is 17.7 Å². The fraction of sp³-hybridized carbons (Fsp3) is 0.273. The van der Waals surface area contributed by atoms with Gasteiger partial charge in [-0.05, 0) is 43.0 Å². The number of amides is 1. The molecule has 0 unspecified atom stereocenters. The number of aromatic nitrogens is 4. The number of hydrogen-bond acceptors (Lipinski definition) is 7. The Balaban J connectivity index is 1.35. The number of benzene rings is 1. The van der Waals surface area contributed by atoms with E-state index < -0.39 is 9.84 Å². The number of pyridine rings is 1. The van der Waals surface area contributed by atoms with Crippen LogP contribution in [0.3, 0.4) is 0 Å². The van der Waals surface area contributed by atoms with Gasteiger partial charge in [0.2, 0.25) is 11.7 Å². The summed E-state index contributed by atoms with van der Waals surface area (Å²) < 4.78 is 30.4. The summed E-state index contributed by atoms with van der Waals surface area (Å²) in [5.74, 6) is 0.915. The van der Waals surface area contributed by atoms with Crippen molar-refractivity contribution in [1.29, 1.82) is 0 Å². The van der Waals surface area contributed by atoms with Gasteiger partial charge in [0.25, 0.3) is 5.91 Å². The minimum atomic E-state index is -2.95. The van der Waals surface area contributed by atoms with Crippen molar-refractivity contribution in [1.82, 2.24) is 19.5 Å². The SMILES string of the molecule is Cc1ccc(-c2noc(C[C@@H]3CCS(=O)(=O)C3)n2)cc1NC(=O)c1cnc2ccccn12. The van der Waals surface area contributed by atoms with Crippen LogP contribution in [0.25, 0.3) is 17.0 Å². The summed E-state index contributed by atoms with van der Waals surface area (Å²) in [6.07, 6.45) is 4.38. The van der Waals surface area contributed by atoms with Crippen LogP contribution >= 0.6 is 0 Å². The Bertz CT molecular complexity index is 1420. The lowest BCUT2D eigenvalue weighted by molar-refractivity contribution is 0.102. The van der Waals surface area contributed by atoms with E-state index in [1.807, 2.05) is 37.3 Å². The summed E-state index contributed by atoms with van der Waals surface area (Å²) in [5, 5.41) is 6.98. The van der Waals surface area contributed by atoms with Crippen molar-refractivity contribution in [2.45, 2.75) is 19.8 Å². The average molecular weight is 452 g/mol. The molecular formula is C22H21N5O4S. The number of aryl methyl sites for hydroxylation is 1. The van der Waals surface area contributed by atoms with Gasteiger partial charge >= 0.3 is 0 Å². The van der Waals surface area contributed by atoms with Gasteiger partial charge in [-0.15, -0.1) is 0 Å². The highest BCUT2D eigenvalue weighted by Crippen LogP contribution is 2.26. The molecule has 32 heavy (non-hydrogen) atoms. The van der Waals surface area contributed by atoms with Gasteiger partial charge in [0, 0.05) is 23.9 Å². The number of anilines is 1. The van der Waals surface area contributed by atoms with Crippen molar-refractivity contribution in [3.8, 4) is 11.4 Å². The van der Waals surface area contributed by atoms with E-state index in [2.05, 4.69) is 20.4 Å². The van der Waals surface area contributed by atoms with Crippen LogP contribution in [-0.2, 0) is 16.3 Å². The molecule has 9 nitrogen and oxygen atoms in total. The van der Waals surface area contributed by atoms with Crippen molar-refractivity contribution < 1.29 is 17.7 Å². The Labute approximate surface area is 184 Å². The standard InChI is InChI=1S/C22H21N5O4S/c1-14-5-6-16(21-25-20(31-26-21)10-15-7-9-32(29,30)13-15)11-17(14)24-22(28)18-12-23-19-4-2-3-8-27(18)19/h2-6,8,11-12,15H,7,9-10,13H2,1H3,(H,24,28)/t15-/m0/s1. The lowest BCUT2D eigenvalue weighted by Crippen LogP contribution is -2.15. The summed E-state index contributed by atoms with van der Waals surface area (Å²) in [4.78, 5) is 21.6. The lowest BCUT2D eigenvalue weighted by atomic mass is 10.1. The number of nitrogens with one attached hydrogen (secondary N) is 1. The molecule has 1 N–H and O–H groups in total. The number of carbonyl (C=O) groups excluding carboxylic acids is 1. The number of fused-ring (bicyclic) bond motifs is 1. The second-order valence-electron chi connectivity index (χ2n) is 8.04. The van der Waals surface area contributed by atoms with Gasteiger partial charge in [-0.3, -0.25) is 9.20 Å². The third-order valence-electron chi connectivity index (χ3n) is 5.65. The van der Waals surface area contributed by atoms with E-state index in [4.69, 9.17) is 4.52 Å². The highest BCUT2D eigenvalue weighted by molar-refractivity contribution is 7.91. The van der Waals surface area contributed by atoms with Crippen molar-refractivity contribution in [3.63, 3.8) is 0 Å². The van der Waals surface area contributed by atoms with Crippen LogP contribution in [0.1, 0.15) is 28.4 Å². The number of hydrogen-bond donors (Lipinski definition) is 1. The molecule has 0 saturated carbocycles. The zero-order valence-corrected chi connectivity index (χ0v) is 18.2. The maximum atomic E-state index is 12.9. The molecule has 0 radical (unpaired) electrons. The summed E-state index contributed by atoms with van der Waals surface area (Å²) in [5.41, 5.74) is 3.33. The Morgan fingerprint density at radius 1 is 1.28 bits per heavy atom. The molecule has 3 aromatic heterocycles. The Morgan fingerprint density at radius 2 is 2.16 bits per heavy atom. The maximum Gasteiger partial charge on any atom is 0.274 e. The third-order valence-corrected chi connectivity index (χ3v) is 7.49. The molecule has 10 heteroatoms. The summed E-state index contributed by atoms with van der Waals surface area (Å²) >= 11 is 0. The highest BCUT2D eigenvalue weighted by atomic mass is 32.2. The maximum absolute atomic E-state index is 12.9. The number of carbonyl (C=O) groups is 1. The molecule has 1 aliphatic rings. The first-order chi connectivity index (χ1) is 15.4. The second kappa shape index (κ2) is 7.86. The van der Waals surface area contributed by atoms with Crippen LogP contribution in [-0.4, -0.2) is 45.4 Å². The molecule has 1 atom stereocenters. The molecule has 164 valence electrons. The molecule has 1 aliphatic heterocycles. The van der Waals surface area contributed by atoms with E-state index in [9.17, 15) is 13.2 Å². The number of rotatable bonds is 5. The highest BCUT2D eigenvalue weighted by Gasteiger charge is 2.29. The van der Waals surface area contributed by atoms with Crippen molar-refractivity contribution in [3.05, 3.63) is 65.9 Å². The van der Waals surface area contributed by atoms with Gasteiger partial charge in [-0.1, -0.05) is 23.4 Å². The summed E-state index contributed by atoms with van der Waals surface area (Å²) in [6, 6.07) is 11.1. The topological polar surface area (TPSA) is 119 Å². The molecule has 1 fully saturated rings. The van der Waals surface area contributed by atoms with Crippen molar-refractivity contribution in [2.24, 2.45) is 5.92 Å². The molecule has 4 aromatic rings. The van der Waals surface area contributed by atoms with E-state index >= 15 is 0 Å². The van der Waals surface area contributed by atoms with E-state index in [0.29, 0.717) is 47.1 Å². The average Bonchev–Trinajstić information content (AvgIpc) is 3.48. The zero-order chi connectivity index (χ0) is 22.3. The van der Waals surface area contributed by atoms with E-state index in [1.54, 1.807) is 22.9 Å². The molecular weight excluding hydrogens is 430 g/mol. The number of nitrogens with zero attached hydrogens (tertiary/aromatic N) is 4. The predicted octanol–water partition coefficient (Wildman–Crippen LogP) is 2.92. The monoisotopic (exact) mass is 451 g/mol. The quantitative estimate of drug-likeness (QED) is 0.495. The lowest BCUT2D eigenvalue weighted by Gasteiger charge is -2.09. The van der Waals surface area contributed by atoms with Crippen LogP contribution in [0.2, 0.25) is 0 Å². The largest absolute Gasteiger partial charge is 0.339 e. The molecule has 5 rings (SSSR count). The number of imidazole rings is 1. The smallest absolute Gasteiger partial charge is 0.274 e. The zero-order valence-electron chi connectivity index (χ0n) is 17.4. The molecule has 0 aliphatic carbocycles. The van der Waals surface area contributed by atoms with E-state index in [-0.39, 0.29) is 23.3 Å². The third kappa shape index (κ3) is 4.01. The van der Waals surface area contributed by atoms with Crippen molar-refractivity contribution in [2.75, 3.05) is 16.8 Å². The van der Waals surface area contributed by atoms with Gasteiger partial charge in [0.15, 0.2) is 9.84 Å². The predicted molar refractivity (Wildman–Crippen MR) is 118 cm³/mol. The first-order valence-corrected chi connectivity index (χ1v) is 12.1. The first kappa shape index (κ1) is 20.4. The number of sulfone groups is 1. The Morgan fingerprint density at radius 3 is 2.97 bits per heavy atom. The molecule has 1 saturated heterocycles. The molecule has 0 spiro atoms. The Hall–Kier alpha value is -3.53. The minimum absolute atomic E-state index is 0.00615. The molecule has 4 heterocycles. The van der Waals surface area contributed by atoms with Gasteiger partial charge in [-0.25, -0.2) is 13.4 Å². The van der Waals surface area contributed by atoms with Crippen LogP contribution in [0.4, 0.5) is 5.69 Å². The summed E-state index contributed by atoms with van der Waals surface area (Å²) in [7, 11) is -2.95. The van der Waals surface area contributed by atoms with Crippen LogP contribution < -0.4 is 5.32 Å². The van der Waals surface area contributed by atoms with Gasteiger partial charge < -0.3 is 9.84 Å². The normalized spacial score (nSPS) is 17.6. The minimum Gasteiger partial charge on any atom is -0.339 e. The fourth-order valence-electron chi connectivity index (χ4n) is 3.92. The Kier molecular flexibility index (Phi) is 5.01. The summed E-state index contributed by atoms with van der Waals surface area (Å²) in [6.45, 7) is 1.90. The van der Waals surface area contributed by atoms with E-state index in [0.717, 1.165) is 5.56 Å². The second-order valence-corrected chi connectivity index (χ2v) is 10.3. The van der Waals surface area contributed by atoms with Crippen LogP contribution in [0, 0.1) is 12.8 Å². The van der Waals surface area contributed by atoms with E-state index in [1.165, 1.54) is 0 Å². The van der Waals surface area contributed by atoms with Gasteiger partial charge in [0.1, 0.15) is 11.3 Å². The van der Waals surface area contributed by atoms with Crippen LogP contribution in [0.5, 0.6) is 0 Å². The molecule has 0 bridgehead atoms. The first-order valence-electron chi connectivity index (χ1n) is 10.3. The van der Waals surface area contributed by atoms with Gasteiger partial charge in [-0.2, -0.15) is 4.98 Å². The molecule has 1 aromatic carbocycles. The molecule has 1 amide bonds. The fourth-order valence-corrected chi connectivity index (χ4v) is 5.78. The van der Waals surface area contributed by atoms with Crippen LogP contribution in [0.15, 0.2) is 53.3 Å².